The molecule has 1 N–H and O–H groups in total. The van der Waals surface area contributed by atoms with Crippen LogP contribution in [-0.4, -0.2) is 40.7 Å². The zero-order chi connectivity index (χ0) is 16.1. The molecule has 0 atom stereocenters. The van der Waals surface area contributed by atoms with Crippen molar-refractivity contribution in [2.24, 2.45) is 5.92 Å². The quantitative estimate of drug-likeness (QED) is 0.630. The van der Waals surface area contributed by atoms with Crippen LogP contribution in [0.1, 0.15) is 19.3 Å². The highest BCUT2D eigenvalue weighted by molar-refractivity contribution is 9.10. The summed E-state index contributed by atoms with van der Waals surface area (Å²) in [5.74, 6) is 1.03. The normalized spacial score (nSPS) is 15.6. The zero-order valence-electron chi connectivity index (χ0n) is 11.9. The number of halogens is 1. The number of nitro benzene ring substituents is 1. The molecule has 1 fully saturated rings. The highest BCUT2D eigenvalue weighted by Gasteiger charge is 2.22. The predicted octanol–water partition coefficient (Wildman–Crippen LogP) is 3.52. The van der Waals surface area contributed by atoms with Crippen molar-refractivity contribution in [3.63, 3.8) is 0 Å². The standard InChI is InChI=1S/C14H17BrN2O5/c15-12-9-11(17(20)21)1-2-13(12)22-8-5-10-3-6-16(7-4-10)14(18)19/h1-2,9-10H,3-8H2,(H,18,19). The monoisotopic (exact) mass is 372 g/mol. The maximum absolute atomic E-state index is 10.8. The third-order valence-corrected chi connectivity index (χ3v) is 4.41. The Morgan fingerprint density at radius 2 is 2.14 bits per heavy atom. The minimum absolute atomic E-state index is 0.0141. The van der Waals surface area contributed by atoms with Crippen molar-refractivity contribution < 1.29 is 19.6 Å². The van der Waals surface area contributed by atoms with Crippen LogP contribution in [0.3, 0.4) is 0 Å². The molecule has 1 aliphatic heterocycles. The smallest absolute Gasteiger partial charge is 0.407 e. The largest absolute Gasteiger partial charge is 0.492 e. The fourth-order valence-corrected chi connectivity index (χ4v) is 2.95. The van der Waals surface area contributed by atoms with E-state index in [1.165, 1.54) is 17.0 Å². The van der Waals surface area contributed by atoms with E-state index in [9.17, 15) is 14.9 Å². The molecule has 8 heteroatoms. The first kappa shape index (κ1) is 16.5. The fourth-order valence-electron chi connectivity index (χ4n) is 2.47. The number of non-ortho nitro benzene ring substituents is 1. The summed E-state index contributed by atoms with van der Waals surface area (Å²) in [5, 5.41) is 19.5. The van der Waals surface area contributed by atoms with Crippen LogP contribution in [0.25, 0.3) is 0 Å². The van der Waals surface area contributed by atoms with Crippen LogP contribution in [0, 0.1) is 16.0 Å². The molecule has 0 unspecified atom stereocenters. The van der Waals surface area contributed by atoms with E-state index < -0.39 is 11.0 Å². The first-order valence-corrected chi connectivity index (χ1v) is 7.81. The van der Waals surface area contributed by atoms with Gasteiger partial charge in [0.1, 0.15) is 5.75 Å². The van der Waals surface area contributed by atoms with Crippen molar-refractivity contribution in [1.29, 1.82) is 0 Å². The molecule has 7 nitrogen and oxygen atoms in total. The first-order valence-electron chi connectivity index (χ1n) is 7.02. The first-order chi connectivity index (χ1) is 10.5. The summed E-state index contributed by atoms with van der Waals surface area (Å²) in [7, 11) is 0. The van der Waals surface area contributed by atoms with E-state index in [4.69, 9.17) is 9.84 Å². The van der Waals surface area contributed by atoms with Gasteiger partial charge >= 0.3 is 6.09 Å². The van der Waals surface area contributed by atoms with Gasteiger partial charge in [-0.2, -0.15) is 0 Å². The van der Waals surface area contributed by atoms with E-state index in [1.54, 1.807) is 6.07 Å². The second kappa shape index (κ2) is 7.44. The fraction of sp³-hybridized carbons (Fsp3) is 0.500. The topological polar surface area (TPSA) is 92.9 Å². The summed E-state index contributed by atoms with van der Waals surface area (Å²) in [6, 6.07) is 4.40. The third kappa shape index (κ3) is 4.33. The molecule has 0 spiro atoms. The number of carbonyl (C=O) groups is 1. The molecule has 0 bridgehead atoms. The number of hydrogen-bond acceptors (Lipinski definition) is 4. The summed E-state index contributed by atoms with van der Waals surface area (Å²) in [4.78, 5) is 22.5. The average molecular weight is 373 g/mol. The lowest BCUT2D eigenvalue weighted by Crippen LogP contribution is -2.37. The molecule has 1 heterocycles. The SMILES string of the molecule is O=C(O)N1CCC(CCOc2ccc([N+](=O)[O-])cc2Br)CC1. The number of ether oxygens (including phenoxy) is 1. The van der Waals surface area contributed by atoms with Crippen LogP contribution in [0.4, 0.5) is 10.5 Å². The Kier molecular flexibility index (Phi) is 5.59. The minimum atomic E-state index is -0.857. The van der Waals surface area contributed by atoms with Crippen LogP contribution in [0.2, 0.25) is 0 Å². The number of carboxylic acid groups (broad SMARTS) is 1. The Labute approximate surface area is 136 Å². The highest BCUT2D eigenvalue weighted by Crippen LogP contribution is 2.29. The molecular formula is C14H17BrN2O5. The van der Waals surface area contributed by atoms with Gasteiger partial charge in [0.15, 0.2) is 0 Å². The van der Waals surface area contributed by atoms with E-state index in [-0.39, 0.29) is 5.69 Å². The lowest BCUT2D eigenvalue weighted by Gasteiger charge is -2.29. The van der Waals surface area contributed by atoms with Crippen LogP contribution >= 0.6 is 15.9 Å². The third-order valence-electron chi connectivity index (χ3n) is 3.79. The van der Waals surface area contributed by atoms with Gasteiger partial charge in [0.05, 0.1) is 16.0 Å². The van der Waals surface area contributed by atoms with Gasteiger partial charge in [-0.25, -0.2) is 4.79 Å². The molecule has 0 radical (unpaired) electrons. The van der Waals surface area contributed by atoms with Crippen molar-refractivity contribution in [2.45, 2.75) is 19.3 Å². The molecule has 1 amide bonds. The number of rotatable bonds is 5. The maximum atomic E-state index is 10.8. The molecule has 1 aromatic carbocycles. The molecular weight excluding hydrogens is 356 g/mol. The number of amides is 1. The van der Waals surface area contributed by atoms with Gasteiger partial charge in [-0.15, -0.1) is 0 Å². The van der Waals surface area contributed by atoms with Crippen LogP contribution < -0.4 is 4.74 Å². The molecule has 0 saturated carbocycles. The van der Waals surface area contributed by atoms with Crippen molar-refractivity contribution in [3.05, 3.63) is 32.8 Å². The van der Waals surface area contributed by atoms with Gasteiger partial charge in [-0.05, 0) is 47.2 Å². The Hall–Kier alpha value is -1.83. The highest BCUT2D eigenvalue weighted by atomic mass is 79.9. The predicted molar refractivity (Wildman–Crippen MR) is 83.2 cm³/mol. The Morgan fingerprint density at radius 3 is 2.68 bits per heavy atom. The summed E-state index contributed by atoms with van der Waals surface area (Å²) in [6.45, 7) is 1.65. The number of piperidine rings is 1. The van der Waals surface area contributed by atoms with Gasteiger partial charge in [0.2, 0.25) is 0 Å². The Morgan fingerprint density at radius 1 is 1.45 bits per heavy atom. The van der Waals surface area contributed by atoms with Crippen molar-refractivity contribution in [1.82, 2.24) is 4.90 Å². The summed E-state index contributed by atoms with van der Waals surface area (Å²) in [6.07, 6.45) is 1.68. The number of likely N-dealkylation sites (tertiary alicyclic amines) is 1. The number of benzene rings is 1. The molecule has 120 valence electrons. The van der Waals surface area contributed by atoms with Gasteiger partial charge in [-0.1, -0.05) is 0 Å². The van der Waals surface area contributed by atoms with E-state index in [2.05, 4.69) is 15.9 Å². The number of nitrogens with zero attached hydrogens (tertiary/aromatic N) is 2. The molecule has 0 aromatic heterocycles. The Bertz CT molecular complexity index is 558. The van der Waals surface area contributed by atoms with E-state index >= 15 is 0 Å². The average Bonchev–Trinajstić information content (AvgIpc) is 2.49. The lowest BCUT2D eigenvalue weighted by atomic mass is 9.94. The Balaban J connectivity index is 1.77. The van der Waals surface area contributed by atoms with E-state index in [1.807, 2.05) is 0 Å². The van der Waals surface area contributed by atoms with Crippen LogP contribution in [0.15, 0.2) is 22.7 Å². The number of nitro groups is 1. The molecule has 1 saturated heterocycles. The number of hydrogen-bond donors (Lipinski definition) is 1. The van der Waals surface area contributed by atoms with Gasteiger partial charge in [0.25, 0.3) is 5.69 Å². The molecule has 22 heavy (non-hydrogen) atoms. The van der Waals surface area contributed by atoms with Crippen molar-refractivity contribution >= 4 is 27.7 Å². The van der Waals surface area contributed by atoms with E-state index in [0.29, 0.717) is 35.8 Å². The van der Waals surface area contributed by atoms with Crippen molar-refractivity contribution in [2.75, 3.05) is 19.7 Å². The van der Waals surface area contributed by atoms with Crippen LogP contribution in [0.5, 0.6) is 5.75 Å². The molecule has 0 aliphatic carbocycles. The second-order valence-electron chi connectivity index (χ2n) is 5.22. The summed E-state index contributed by atoms with van der Waals surface area (Å²) < 4.78 is 6.21. The van der Waals surface area contributed by atoms with Crippen LogP contribution in [-0.2, 0) is 0 Å². The second-order valence-corrected chi connectivity index (χ2v) is 6.08. The lowest BCUT2D eigenvalue weighted by molar-refractivity contribution is -0.385. The zero-order valence-corrected chi connectivity index (χ0v) is 13.5. The summed E-state index contributed by atoms with van der Waals surface area (Å²) >= 11 is 3.26. The molecule has 1 aliphatic rings. The maximum Gasteiger partial charge on any atom is 0.407 e. The summed E-state index contributed by atoms with van der Waals surface area (Å²) in [5.41, 5.74) is 0.0141. The van der Waals surface area contributed by atoms with Gasteiger partial charge in [-0.3, -0.25) is 10.1 Å². The van der Waals surface area contributed by atoms with Gasteiger partial charge < -0.3 is 14.7 Å². The minimum Gasteiger partial charge on any atom is -0.492 e. The van der Waals surface area contributed by atoms with Crippen molar-refractivity contribution in [3.8, 4) is 5.75 Å². The molecule has 2 rings (SSSR count). The van der Waals surface area contributed by atoms with Gasteiger partial charge in [0, 0.05) is 25.2 Å². The molecule has 1 aromatic rings. The van der Waals surface area contributed by atoms with E-state index in [0.717, 1.165) is 19.3 Å².